The van der Waals surface area contributed by atoms with Gasteiger partial charge in [0.25, 0.3) is 0 Å². The van der Waals surface area contributed by atoms with Crippen LogP contribution in [0.5, 0.6) is 5.75 Å². The summed E-state index contributed by atoms with van der Waals surface area (Å²) in [6.07, 6.45) is 19.4. The van der Waals surface area contributed by atoms with Crippen LogP contribution in [0, 0.1) is 63.6 Å². The molecule has 5 saturated carbocycles. The molecule has 7 unspecified atom stereocenters. The number of aryl methyl sites for hydroxylation is 1. The molecule has 6 heteroatoms. The van der Waals surface area contributed by atoms with Crippen LogP contribution in [0.25, 0.3) is 0 Å². The van der Waals surface area contributed by atoms with E-state index in [1.807, 2.05) is 0 Å². The van der Waals surface area contributed by atoms with Gasteiger partial charge in [0.05, 0.1) is 18.8 Å². The van der Waals surface area contributed by atoms with Gasteiger partial charge < -0.3 is 23.7 Å². The Balaban J connectivity index is 0.791. The van der Waals surface area contributed by atoms with Crippen LogP contribution < -0.4 is 4.74 Å². The fourth-order valence-electron chi connectivity index (χ4n) is 16.7. The maximum Gasteiger partial charge on any atom is 0.302 e. The lowest BCUT2D eigenvalue weighted by atomic mass is 9.47. The number of rotatable bonds is 1. The number of benzene rings is 1. The third kappa shape index (κ3) is 4.70. The third-order valence-electron chi connectivity index (χ3n) is 19.3. The van der Waals surface area contributed by atoms with Crippen molar-refractivity contribution in [2.75, 3.05) is 6.61 Å². The number of esters is 1. The summed E-state index contributed by atoms with van der Waals surface area (Å²) in [5.74, 6) is 6.13. The quantitative estimate of drug-likeness (QED) is 0.269. The van der Waals surface area contributed by atoms with Crippen molar-refractivity contribution in [3.8, 4) is 5.75 Å². The number of carbonyl (C=O) groups excluding carboxylic acids is 1. The Morgan fingerprint density at radius 1 is 0.774 bits per heavy atom. The van der Waals surface area contributed by atoms with Crippen LogP contribution in [0.2, 0.25) is 0 Å². The van der Waals surface area contributed by atoms with Gasteiger partial charge in [-0.15, -0.1) is 0 Å². The lowest BCUT2D eigenvalue weighted by molar-refractivity contribution is -0.292. The summed E-state index contributed by atoms with van der Waals surface area (Å²) in [6, 6.07) is 5.00. The maximum absolute atomic E-state index is 12.0. The molecule has 17 atom stereocenters. The van der Waals surface area contributed by atoms with E-state index < -0.39 is 5.79 Å². The van der Waals surface area contributed by atoms with Gasteiger partial charge >= 0.3 is 5.97 Å². The molecule has 4 aliphatic heterocycles. The van der Waals surface area contributed by atoms with Crippen LogP contribution >= 0.6 is 0 Å². The standard InChI is InChI=1S/C47H66O6/c1-26-13-18-47(49-25-26)27(2)42-39(52-47)23-37-33-9-11-41-44(5,36(33)15-17-45(37,42)6)19-20-46(53-41)24-30-21-34-29(22-38(30)51-46)7-8-32-31(34)14-16-43(4)35(32)10-12-40(43)50-28(3)48/h21-22,26-27,31-33,35-37,39-42H,7-20,23-25H2,1-6H3/t26?,27-,31?,32?,33?,35?,36?,37?,39-,40-,41+,42-,43-,44+,45-,46+,47+/m0/s1. The molecule has 0 radical (unpaired) electrons. The van der Waals surface area contributed by atoms with Crippen molar-refractivity contribution in [1.29, 1.82) is 0 Å². The van der Waals surface area contributed by atoms with E-state index in [0.29, 0.717) is 47.0 Å². The van der Waals surface area contributed by atoms with Crippen molar-refractivity contribution in [2.45, 2.75) is 180 Å². The van der Waals surface area contributed by atoms with Crippen LogP contribution in [-0.2, 0) is 36.6 Å². The monoisotopic (exact) mass is 726 g/mol. The van der Waals surface area contributed by atoms with Crippen LogP contribution in [0.3, 0.4) is 0 Å². The average molecular weight is 727 g/mol. The first-order valence-electron chi connectivity index (χ1n) is 22.4. The zero-order valence-electron chi connectivity index (χ0n) is 33.6. The molecule has 0 bridgehead atoms. The molecule has 3 saturated heterocycles. The molecule has 290 valence electrons. The van der Waals surface area contributed by atoms with Crippen molar-refractivity contribution in [3.05, 3.63) is 28.8 Å². The van der Waals surface area contributed by atoms with Gasteiger partial charge in [0.2, 0.25) is 5.79 Å². The highest BCUT2D eigenvalue weighted by Crippen LogP contribution is 2.71. The summed E-state index contributed by atoms with van der Waals surface area (Å²) in [7, 11) is 0. The van der Waals surface area contributed by atoms with Crippen LogP contribution in [-0.4, -0.2) is 42.5 Å². The van der Waals surface area contributed by atoms with Gasteiger partial charge in [-0.25, -0.2) is 0 Å². The first-order chi connectivity index (χ1) is 25.3. The fourth-order valence-corrected chi connectivity index (χ4v) is 16.7. The van der Waals surface area contributed by atoms with E-state index in [2.05, 4.69) is 46.8 Å². The first-order valence-corrected chi connectivity index (χ1v) is 22.4. The predicted octanol–water partition coefficient (Wildman–Crippen LogP) is 9.93. The molecular weight excluding hydrogens is 661 g/mol. The number of fused-ring (bicyclic) bond motifs is 13. The van der Waals surface area contributed by atoms with Crippen molar-refractivity contribution < 1.29 is 28.5 Å². The Labute approximate surface area is 318 Å². The number of hydrogen-bond acceptors (Lipinski definition) is 6. The summed E-state index contributed by atoms with van der Waals surface area (Å²) in [5, 5.41) is 0. The second-order valence-electron chi connectivity index (χ2n) is 21.6. The van der Waals surface area contributed by atoms with Gasteiger partial charge in [-0.2, -0.15) is 0 Å². The zero-order valence-corrected chi connectivity index (χ0v) is 33.6. The molecule has 10 aliphatic rings. The van der Waals surface area contributed by atoms with E-state index in [1.54, 1.807) is 12.5 Å². The van der Waals surface area contributed by atoms with Crippen LogP contribution in [0.15, 0.2) is 12.1 Å². The molecule has 0 aromatic heterocycles. The summed E-state index contributed by atoms with van der Waals surface area (Å²) in [4.78, 5) is 12.0. The van der Waals surface area contributed by atoms with Gasteiger partial charge in [0.1, 0.15) is 11.9 Å². The predicted molar refractivity (Wildman–Crippen MR) is 202 cm³/mol. The summed E-state index contributed by atoms with van der Waals surface area (Å²) >= 11 is 0. The molecule has 4 heterocycles. The maximum atomic E-state index is 12.0. The minimum atomic E-state index is -0.501. The Morgan fingerprint density at radius 2 is 1.60 bits per heavy atom. The van der Waals surface area contributed by atoms with Gasteiger partial charge in [-0.3, -0.25) is 4.79 Å². The third-order valence-corrected chi connectivity index (χ3v) is 19.3. The normalized spacial score (nSPS) is 54.5. The Morgan fingerprint density at radius 3 is 2.42 bits per heavy atom. The highest BCUT2D eigenvalue weighted by atomic mass is 16.7. The lowest BCUT2D eigenvalue weighted by Gasteiger charge is -2.61. The number of carbonyl (C=O) groups is 1. The molecule has 11 rings (SSSR count). The molecule has 53 heavy (non-hydrogen) atoms. The van der Waals surface area contributed by atoms with E-state index in [0.717, 1.165) is 75.1 Å². The minimum absolute atomic E-state index is 0.0893. The summed E-state index contributed by atoms with van der Waals surface area (Å²) < 4.78 is 34.0. The zero-order chi connectivity index (χ0) is 36.3. The van der Waals surface area contributed by atoms with Crippen molar-refractivity contribution in [3.63, 3.8) is 0 Å². The fraction of sp³-hybridized carbons (Fsp3) is 0.851. The number of hydrogen-bond donors (Lipinski definition) is 0. The summed E-state index contributed by atoms with van der Waals surface area (Å²) in [6.45, 7) is 14.9. The van der Waals surface area contributed by atoms with Crippen LogP contribution in [0.1, 0.15) is 154 Å². The first kappa shape index (κ1) is 34.6. The SMILES string of the molecule is CC(=O)O[C@H]1CCC2C3CCc4cc5c(cc4C3CC[C@@]21C)C[C@]1(CC[C@]2(C)C3CC[C@@]4(C)C(C[C@@H]6O[C@]7(CCC(C)CO7)[C@@H](C)[C@@H]64)C3CC[C@H]2O1)O5. The van der Waals surface area contributed by atoms with E-state index in [-0.39, 0.29) is 34.8 Å². The Bertz CT molecular complexity index is 1680. The van der Waals surface area contributed by atoms with Crippen molar-refractivity contribution >= 4 is 5.97 Å². The molecule has 1 aromatic rings. The van der Waals surface area contributed by atoms with Crippen LogP contribution in [0.4, 0.5) is 0 Å². The summed E-state index contributed by atoms with van der Waals surface area (Å²) in [5.41, 5.74) is 5.19. The highest BCUT2D eigenvalue weighted by molar-refractivity contribution is 5.66. The van der Waals surface area contributed by atoms with Gasteiger partial charge in [0.15, 0.2) is 5.79 Å². The van der Waals surface area contributed by atoms with Gasteiger partial charge in [0, 0.05) is 43.1 Å². The van der Waals surface area contributed by atoms with E-state index in [9.17, 15) is 4.79 Å². The highest BCUT2D eigenvalue weighted by Gasteiger charge is 2.70. The van der Waals surface area contributed by atoms with Crippen molar-refractivity contribution in [1.82, 2.24) is 0 Å². The van der Waals surface area contributed by atoms with Gasteiger partial charge in [-0.1, -0.05) is 40.7 Å². The topological polar surface area (TPSA) is 63.2 Å². The van der Waals surface area contributed by atoms with E-state index in [1.165, 1.54) is 68.9 Å². The Hall–Kier alpha value is -1.63. The molecule has 0 amide bonds. The molecule has 8 fully saturated rings. The minimum Gasteiger partial charge on any atom is -0.462 e. The largest absolute Gasteiger partial charge is 0.462 e. The molecular formula is C47H66O6. The Kier molecular flexibility index (Phi) is 7.50. The molecule has 2 spiro atoms. The smallest absolute Gasteiger partial charge is 0.302 e. The molecule has 0 N–H and O–H groups in total. The molecule has 6 aliphatic carbocycles. The number of ether oxygens (including phenoxy) is 5. The second-order valence-corrected chi connectivity index (χ2v) is 21.6. The van der Waals surface area contributed by atoms with Gasteiger partial charge in [-0.05, 0) is 159 Å². The van der Waals surface area contributed by atoms with E-state index in [4.69, 9.17) is 23.7 Å². The average Bonchev–Trinajstić information content (AvgIpc) is 3.82. The molecule has 6 nitrogen and oxygen atoms in total. The second kappa shape index (κ2) is 11.5. The molecule has 1 aromatic carbocycles. The van der Waals surface area contributed by atoms with Crippen molar-refractivity contribution in [2.24, 2.45) is 63.6 Å². The van der Waals surface area contributed by atoms with E-state index >= 15 is 0 Å². The lowest BCUT2D eigenvalue weighted by Crippen LogP contribution is -2.60.